The van der Waals surface area contributed by atoms with E-state index in [4.69, 9.17) is 0 Å². The molecule has 1 aromatic rings. The Morgan fingerprint density at radius 2 is 2.36 bits per heavy atom. The van der Waals surface area contributed by atoms with Crippen molar-refractivity contribution in [3.63, 3.8) is 0 Å². The van der Waals surface area contributed by atoms with E-state index in [9.17, 15) is 9.18 Å². The van der Waals surface area contributed by atoms with E-state index in [1.54, 1.807) is 12.3 Å². The predicted molar refractivity (Wildman–Crippen MR) is 57.7 cm³/mol. The van der Waals surface area contributed by atoms with Gasteiger partial charge in [-0.2, -0.15) is 0 Å². The van der Waals surface area contributed by atoms with E-state index in [1.165, 1.54) is 23.9 Å². The first-order valence-electron chi connectivity index (χ1n) is 3.74. The Balaban J connectivity index is 3.07. The summed E-state index contributed by atoms with van der Waals surface area (Å²) in [4.78, 5) is 13.8. The first-order chi connectivity index (χ1) is 6.69. The van der Waals surface area contributed by atoms with Crippen LogP contribution >= 0.6 is 27.7 Å². The van der Waals surface area contributed by atoms with Gasteiger partial charge in [0, 0.05) is 4.47 Å². The Morgan fingerprint density at radius 1 is 1.64 bits per heavy atom. The predicted octanol–water partition coefficient (Wildman–Crippen LogP) is 3.15. The van der Waals surface area contributed by atoms with Gasteiger partial charge in [0.25, 0.3) is 0 Å². The molecule has 0 aliphatic rings. The van der Waals surface area contributed by atoms with E-state index in [1.807, 2.05) is 0 Å². The molecule has 0 heterocycles. The zero-order valence-electron chi connectivity index (χ0n) is 7.38. The van der Waals surface area contributed by atoms with Crippen molar-refractivity contribution >= 4 is 33.8 Å². The number of hydrogen-bond donors (Lipinski definition) is 0. The zero-order chi connectivity index (χ0) is 10.6. The van der Waals surface area contributed by atoms with Gasteiger partial charge < -0.3 is 0 Å². The summed E-state index contributed by atoms with van der Waals surface area (Å²) in [6, 6.07) is 3.12. The third-order valence-electron chi connectivity index (χ3n) is 1.59. The highest BCUT2D eigenvalue weighted by Crippen LogP contribution is 2.29. The minimum Gasteiger partial charge on any atom is -0.211 e. The second kappa shape index (κ2) is 5.29. The summed E-state index contributed by atoms with van der Waals surface area (Å²) >= 11 is 4.57. The van der Waals surface area contributed by atoms with E-state index >= 15 is 0 Å². The topological polar surface area (TPSA) is 29.4 Å². The van der Waals surface area contributed by atoms with Gasteiger partial charge in [-0.1, -0.05) is 0 Å². The van der Waals surface area contributed by atoms with E-state index in [0.29, 0.717) is 14.9 Å². The lowest BCUT2D eigenvalue weighted by atomic mass is 10.2. The number of aliphatic imine (C=N–C) groups is 1. The highest BCUT2D eigenvalue weighted by atomic mass is 79.9. The van der Waals surface area contributed by atoms with E-state index in [2.05, 4.69) is 20.9 Å². The largest absolute Gasteiger partial charge is 0.235 e. The summed E-state index contributed by atoms with van der Waals surface area (Å²) in [6.45, 7) is 0.160. The number of thioether (sulfide) groups is 1. The second-order valence-electron chi connectivity index (χ2n) is 2.50. The van der Waals surface area contributed by atoms with Crippen molar-refractivity contribution in [1.82, 2.24) is 0 Å². The minimum atomic E-state index is -0.303. The number of rotatable bonds is 3. The molecular weight excluding hydrogens is 269 g/mol. The number of hydrogen-bond acceptors (Lipinski definition) is 3. The van der Waals surface area contributed by atoms with Crippen molar-refractivity contribution < 1.29 is 9.18 Å². The van der Waals surface area contributed by atoms with Crippen LogP contribution in [0.1, 0.15) is 5.56 Å². The van der Waals surface area contributed by atoms with Crippen LogP contribution in [0.4, 0.5) is 4.39 Å². The highest BCUT2D eigenvalue weighted by molar-refractivity contribution is 9.10. The molecule has 1 rings (SSSR count). The zero-order valence-corrected chi connectivity index (χ0v) is 9.78. The molecule has 14 heavy (non-hydrogen) atoms. The van der Waals surface area contributed by atoms with E-state index in [0.717, 1.165) is 0 Å². The second-order valence-corrected chi connectivity index (χ2v) is 4.17. The lowest BCUT2D eigenvalue weighted by Crippen LogP contribution is -1.88. The maximum atomic E-state index is 13.3. The standard InChI is InChI=1S/C9H7BrFNOS/c1-14-9-7(10)2-6(3-8(9)11)4-12-5-13/h2-3H,4H2,1H3. The van der Waals surface area contributed by atoms with Crippen molar-refractivity contribution in [1.29, 1.82) is 0 Å². The highest BCUT2D eigenvalue weighted by Gasteiger charge is 2.07. The molecule has 1 aromatic carbocycles. The Morgan fingerprint density at radius 3 is 2.86 bits per heavy atom. The summed E-state index contributed by atoms with van der Waals surface area (Å²) in [7, 11) is 0. The van der Waals surface area contributed by atoms with Crippen molar-refractivity contribution in [3.05, 3.63) is 28.0 Å². The first kappa shape index (κ1) is 11.4. The number of carbonyl (C=O) groups excluding carboxylic acids is 1. The molecule has 0 saturated carbocycles. The van der Waals surface area contributed by atoms with Crippen molar-refractivity contribution in [2.75, 3.05) is 6.26 Å². The molecule has 0 aliphatic carbocycles. The third kappa shape index (κ3) is 2.67. The quantitative estimate of drug-likeness (QED) is 0.482. The molecule has 74 valence electrons. The van der Waals surface area contributed by atoms with E-state index < -0.39 is 0 Å². The molecule has 0 amide bonds. The van der Waals surface area contributed by atoms with Gasteiger partial charge in [-0.15, -0.1) is 11.8 Å². The Hall–Kier alpha value is -0.640. The average molecular weight is 276 g/mol. The molecule has 0 aliphatic heterocycles. The summed E-state index contributed by atoms with van der Waals surface area (Å²) in [5.74, 6) is -0.303. The lowest BCUT2D eigenvalue weighted by Gasteiger charge is -2.04. The molecule has 0 spiro atoms. The molecule has 0 N–H and O–H groups in total. The van der Waals surface area contributed by atoms with Crippen LogP contribution in [0.2, 0.25) is 0 Å². The SMILES string of the molecule is CSc1c(F)cc(CN=C=O)cc1Br. The van der Waals surface area contributed by atoms with Crippen molar-refractivity contribution in [2.24, 2.45) is 4.99 Å². The molecule has 0 saturated heterocycles. The number of halogens is 2. The number of nitrogens with zero attached hydrogens (tertiary/aromatic N) is 1. The smallest absolute Gasteiger partial charge is 0.211 e. The maximum absolute atomic E-state index is 13.3. The van der Waals surface area contributed by atoms with Crippen molar-refractivity contribution in [3.8, 4) is 0 Å². The van der Waals surface area contributed by atoms with Gasteiger partial charge in [0.15, 0.2) is 0 Å². The van der Waals surface area contributed by atoms with Crippen molar-refractivity contribution in [2.45, 2.75) is 11.4 Å². The lowest BCUT2D eigenvalue weighted by molar-refractivity contribution is 0.562. The summed E-state index contributed by atoms with van der Waals surface area (Å²) in [5.41, 5.74) is 0.649. The van der Waals surface area contributed by atoms with E-state index in [-0.39, 0.29) is 12.4 Å². The van der Waals surface area contributed by atoms with Gasteiger partial charge in [0.2, 0.25) is 6.08 Å². The van der Waals surface area contributed by atoms with Crippen LogP contribution < -0.4 is 0 Å². The van der Waals surface area contributed by atoms with Gasteiger partial charge in [-0.05, 0) is 39.9 Å². The van der Waals surface area contributed by atoms with Gasteiger partial charge >= 0.3 is 0 Å². The van der Waals surface area contributed by atoms with Gasteiger partial charge in [0.1, 0.15) is 5.82 Å². The molecule has 0 bridgehead atoms. The van der Waals surface area contributed by atoms with Crippen LogP contribution in [-0.2, 0) is 11.3 Å². The molecule has 0 aromatic heterocycles. The summed E-state index contributed by atoms with van der Waals surface area (Å²) in [6.07, 6.45) is 3.21. The summed E-state index contributed by atoms with van der Waals surface area (Å²) in [5, 5.41) is 0. The molecule has 0 radical (unpaired) electrons. The Labute approximate surface area is 93.7 Å². The van der Waals surface area contributed by atoms with Crippen LogP contribution in [0.25, 0.3) is 0 Å². The summed E-state index contributed by atoms with van der Waals surface area (Å²) < 4.78 is 14.0. The maximum Gasteiger partial charge on any atom is 0.235 e. The van der Waals surface area contributed by atoms with Crippen LogP contribution in [0.15, 0.2) is 26.5 Å². The fourth-order valence-corrected chi connectivity index (χ4v) is 2.50. The molecule has 0 fully saturated rings. The molecule has 2 nitrogen and oxygen atoms in total. The van der Waals surface area contributed by atoms with Gasteiger partial charge in [-0.25, -0.2) is 14.2 Å². The average Bonchev–Trinajstić information content (AvgIpc) is 2.14. The fourth-order valence-electron chi connectivity index (χ4n) is 1.02. The van der Waals surface area contributed by atoms with Gasteiger partial charge in [-0.3, -0.25) is 0 Å². The first-order valence-corrected chi connectivity index (χ1v) is 5.76. The number of benzene rings is 1. The van der Waals surface area contributed by atoms with Gasteiger partial charge in [0.05, 0.1) is 11.4 Å². The van der Waals surface area contributed by atoms with Crippen LogP contribution in [-0.4, -0.2) is 12.3 Å². The fraction of sp³-hybridized carbons (Fsp3) is 0.222. The monoisotopic (exact) mass is 275 g/mol. The minimum absolute atomic E-state index is 0.160. The van der Waals surface area contributed by atoms with Crippen LogP contribution in [0.3, 0.4) is 0 Å². The molecule has 5 heteroatoms. The van der Waals surface area contributed by atoms with Crippen LogP contribution in [0.5, 0.6) is 0 Å². The molecule has 0 unspecified atom stereocenters. The third-order valence-corrected chi connectivity index (χ3v) is 3.30. The molecule has 0 atom stereocenters. The molecular formula is C9H7BrFNOS. The van der Waals surface area contributed by atoms with Crippen LogP contribution in [0, 0.1) is 5.82 Å². The normalized spacial score (nSPS) is 9.64. The Bertz CT molecular complexity index is 367. The number of isocyanates is 1. The Kier molecular flexibility index (Phi) is 4.32.